The lowest BCUT2D eigenvalue weighted by Gasteiger charge is -2.15. The van der Waals surface area contributed by atoms with E-state index in [4.69, 9.17) is 21.7 Å². The fraction of sp³-hybridized carbons (Fsp3) is 0.158. The number of carbonyl (C=O) groups is 1. The molecule has 0 saturated carbocycles. The summed E-state index contributed by atoms with van der Waals surface area (Å²) in [7, 11) is 1.57. The number of aromatic hydroxyl groups is 1. The average Bonchev–Trinajstić information content (AvgIpc) is 2.91. The van der Waals surface area contributed by atoms with Crippen molar-refractivity contribution in [3.8, 4) is 17.2 Å². The molecule has 0 atom stereocenters. The van der Waals surface area contributed by atoms with E-state index < -0.39 is 0 Å². The minimum atomic E-state index is -0.195. The van der Waals surface area contributed by atoms with Crippen molar-refractivity contribution in [2.45, 2.75) is 6.92 Å². The molecule has 0 aliphatic carbocycles. The minimum Gasteiger partial charge on any atom is -0.504 e. The highest BCUT2D eigenvalue weighted by Gasteiger charge is 2.33. The van der Waals surface area contributed by atoms with Crippen molar-refractivity contribution in [1.29, 1.82) is 0 Å². The molecule has 0 radical (unpaired) electrons. The van der Waals surface area contributed by atoms with Gasteiger partial charge in [-0.05, 0) is 42.8 Å². The summed E-state index contributed by atoms with van der Waals surface area (Å²) in [6, 6.07) is 12.1. The number of ether oxygens (including phenoxy) is 2. The van der Waals surface area contributed by atoms with Gasteiger partial charge in [0, 0.05) is 6.07 Å². The van der Waals surface area contributed by atoms with Gasteiger partial charge in [-0.2, -0.15) is 0 Å². The normalized spacial score (nSPS) is 15.6. The number of carbonyl (C=O) groups excluding carboxylic acids is 1. The van der Waals surface area contributed by atoms with E-state index in [1.807, 2.05) is 25.1 Å². The Labute approximate surface area is 161 Å². The lowest BCUT2D eigenvalue weighted by Crippen LogP contribution is -2.27. The van der Waals surface area contributed by atoms with Crippen LogP contribution in [0, 0.1) is 0 Å². The van der Waals surface area contributed by atoms with Crippen LogP contribution in [0.5, 0.6) is 17.2 Å². The molecule has 1 fully saturated rings. The fourth-order valence-electron chi connectivity index (χ4n) is 2.48. The van der Waals surface area contributed by atoms with Crippen LogP contribution in [0.2, 0.25) is 0 Å². The summed E-state index contributed by atoms with van der Waals surface area (Å²) in [6.45, 7) is 2.28. The zero-order valence-electron chi connectivity index (χ0n) is 14.3. The molecular formula is C19H17NO4S2. The van der Waals surface area contributed by atoms with E-state index in [9.17, 15) is 9.90 Å². The van der Waals surface area contributed by atoms with Gasteiger partial charge in [-0.1, -0.05) is 36.1 Å². The van der Waals surface area contributed by atoms with E-state index >= 15 is 0 Å². The molecule has 1 aliphatic heterocycles. The molecule has 2 aromatic rings. The van der Waals surface area contributed by atoms with Crippen LogP contribution in [0.25, 0.3) is 6.08 Å². The molecule has 7 heteroatoms. The molecular weight excluding hydrogens is 370 g/mol. The first kappa shape index (κ1) is 18.3. The molecule has 1 heterocycles. The maximum absolute atomic E-state index is 12.8. The van der Waals surface area contributed by atoms with E-state index in [1.54, 1.807) is 37.5 Å². The molecule has 1 aliphatic rings. The Balaban J connectivity index is 1.91. The van der Waals surface area contributed by atoms with Crippen molar-refractivity contribution in [3.05, 3.63) is 52.9 Å². The van der Waals surface area contributed by atoms with Crippen LogP contribution in [0.15, 0.2) is 47.4 Å². The second kappa shape index (κ2) is 7.80. The number of hydrogen-bond acceptors (Lipinski definition) is 6. The summed E-state index contributed by atoms with van der Waals surface area (Å²) in [6.07, 6.45) is 1.74. The predicted octanol–water partition coefficient (Wildman–Crippen LogP) is 4.21. The molecule has 1 saturated heterocycles. The zero-order valence-corrected chi connectivity index (χ0v) is 15.9. The predicted molar refractivity (Wildman–Crippen MR) is 108 cm³/mol. The molecule has 0 aromatic heterocycles. The zero-order chi connectivity index (χ0) is 18.7. The maximum atomic E-state index is 12.8. The number of methoxy groups -OCH3 is 1. The molecule has 0 spiro atoms. The van der Waals surface area contributed by atoms with E-state index in [-0.39, 0.29) is 11.7 Å². The third-order valence-electron chi connectivity index (χ3n) is 3.69. The number of nitrogens with zero attached hydrogens (tertiary/aromatic N) is 1. The first-order valence-corrected chi connectivity index (χ1v) is 9.13. The first-order valence-electron chi connectivity index (χ1n) is 7.91. The van der Waals surface area contributed by atoms with Gasteiger partial charge >= 0.3 is 0 Å². The molecule has 5 nitrogen and oxygen atoms in total. The van der Waals surface area contributed by atoms with E-state index in [2.05, 4.69) is 0 Å². The lowest BCUT2D eigenvalue weighted by molar-refractivity contribution is -0.113. The smallest absolute Gasteiger partial charge is 0.270 e. The van der Waals surface area contributed by atoms with Crippen molar-refractivity contribution in [1.82, 2.24) is 0 Å². The van der Waals surface area contributed by atoms with Gasteiger partial charge < -0.3 is 14.6 Å². The highest BCUT2D eigenvalue weighted by molar-refractivity contribution is 8.27. The molecule has 0 unspecified atom stereocenters. The maximum Gasteiger partial charge on any atom is 0.270 e. The Morgan fingerprint density at radius 2 is 2.08 bits per heavy atom. The van der Waals surface area contributed by atoms with Crippen molar-refractivity contribution in [2.75, 3.05) is 18.6 Å². The Morgan fingerprint density at radius 1 is 1.27 bits per heavy atom. The number of amides is 1. The molecule has 0 bridgehead atoms. The molecule has 3 rings (SSSR count). The molecule has 134 valence electrons. The summed E-state index contributed by atoms with van der Waals surface area (Å²) in [4.78, 5) is 14.8. The summed E-state index contributed by atoms with van der Waals surface area (Å²) < 4.78 is 11.1. The SMILES string of the molecule is CCOc1cc(/C=C2\SC(=S)N(c3cccc(OC)c3)C2=O)ccc1O. The number of phenols is 1. The van der Waals surface area contributed by atoms with E-state index in [0.29, 0.717) is 33.0 Å². The van der Waals surface area contributed by atoms with Crippen LogP contribution in [0.1, 0.15) is 12.5 Å². The van der Waals surface area contributed by atoms with Crippen LogP contribution in [-0.2, 0) is 4.79 Å². The highest BCUT2D eigenvalue weighted by Crippen LogP contribution is 2.37. The summed E-state index contributed by atoms with van der Waals surface area (Å²) in [5, 5.41) is 9.80. The second-order valence-corrected chi connectivity index (χ2v) is 7.05. The monoisotopic (exact) mass is 387 g/mol. The number of thioether (sulfide) groups is 1. The topological polar surface area (TPSA) is 59.0 Å². The molecule has 2 aromatic carbocycles. The van der Waals surface area contributed by atoms with Gasteiger partial charge in [0.2, 0.25) is 0 Å². The highest BCUT2D eigenvalue weighted by atomic mass is 32.2. The minimum absolute atomic E-state index is 0.0629. The van der Waals surface area contributed by atoms with Crippen LogP contribution in [0.3, 0.4) is 0 Å². The quantitative estimate of drug-likeness (QED) is 0.613. The van der Waals surface area contributed by atoms with Crippen LogP contribution >= 0.6 is 24.0 Å². The third-order valence-corrected chi connectivity index (χ3v) is 4.99. The standard InChI is InChI=1S/C19H17NO4S2/c1-3-24-16-9-12(7-8-15(16)21)10-17-18(22)20(19(25)26-17)13-5-4-6-14(11-13)23-2/h4-11,21H,3H2,1-2H3/b17-10-. The van der Waals surface area contributed by atoms with Crippen molar-refractivity contribution in [2.24, 2.45) is 0 Å². The van der Waals surface area contributed by atoms with Crippen molar-refractivity contribution < 1.29 is 19.4 Å². The van der Waals surface area contributed by atoms with Gasteiger partial charge in [0.1, 0.15) is 5.75 Å². The van der Waals surface area contributed by atoms with Gasteiger partial charge in [0.25, 0.3) is 5.91 Å². The Bertz CT molecular complexity index is 895. The number of hydrogen-bond donors (Lipinski definition) is 1. The number of rotatable bonds is 5. The van der Waals surface area contributed by atoms with Crippen molar-refractivity contribution >= 4 is 46.0 Å². The number of phenolic OH excluding ortho intramolecular Hbond substituents is 1. The summed E-state index contributed by atoms with van der Waals surface area (Å²) in [5.74, 6) is 0.900. The Morgan fingerprint density at radius 3 is 2.81 bits per heavy atom. The van der Waals surface area contributed by atoms with Gasteiger partial charge in [-0.15, -0.1) is 0 Å². The lowest BCUT2D eigenvalue weighted by atomic mass is 10.2. The third kappa shape index (κ3) is 3.68. The fourth-order valence-corrected chi connectivity index (χ4v) is 3.78. The van der Waals surface area contributed by atoms with E-state index in [1.165, 1.54) is 16.7 Å². The van der Waals surface area contributed by atoms with Gasteiger partial charge in [-0.25, -0.2) is 0 Å². The second-order valence-electron chi connectivity index (χ2n) is 5.38. The molecule has 1 N–H and O–H groups in total. The Hall–Kier alpha value is -2.51. The van der Waals surface area contributed by atoms with Gasteiger partial charge in [0.15, 0.2) is 15.8 Å². The van der Waals surface area contributed by atoms with Gasteiger partial charge in [0.05, 0.1) is 24.3 Å². The van der Waals surface area contributed by atoms with Gasteiger partial charge in [-0.3, -0.25) is 9.69 Å². The van der Waals surface area contributed by atoms with Crippen LogP contribution in [0.4, 0.5) is 5.69 Å². The van der Waals surface area contributed by atoms with Crippen LogP contribution in [-0.4, -0.2) is 29.1 Å². The van der Waals surface area contributed by atoms with E-state index in [0.717, 1.165) is 5.56 Å². The number of thiocarbonyl (C=S) groups is 1. The average molecular weight is 387 g/mol. The van der Waals surface area contributed by atoms with Crippen LogP contribution < -0.4 is 14.4 Å². The molecule has 1 amide bonds. The first-order chi connectivity index (χ1) is 12.5. The summed E-state index contributed by atoms with van der Waals surface area (Å²) >= 11 is 6.62. The number of benzene rings is 2. The largest absolute Gasteiger partial charge is 0.504 e. The molecule has 26 heavy (non-hydrogen) atoms. The Kier molecular flexibility index (Phi) is 5.49. The number of anilines is 1. The van der Waals surface area contributed by atoms with Crippen molar-refractivity contribution in [3.63, 3.8) is 0 Å². The summed E-state index contributed by atoms with van der Waals surface area (Å²) in [5.41, 5.74) is 1.41.